The fourth-order valence-electron chi connectivity index (χ4n) is 3.53. The molecule has 0 radical (unpaired) electrons. The average Bonchev–Trinajstić information content (AvgIpc) is 3.27. The quantitative estimate of drug-likeness (QED) is 0.749. The first-order valence-corrected chi connectivity index (χ1v) is 9.69. The van der Waals surface area contributed by atoms with Gasteiger partial charge in [0.15, 0.2) is 12.4 Å². The predicted octanol–water partition coefficient (Wildman–Crippen LogP) is 2.97. The van der Waals surface area contributed by atoms with Gasteiger partial charge in [0.05, 0.1) is 21.7 Å². The summed E-state index contributed by atoms with van der Waals surface area (Å²) in [5.74, 6) is -1.48. The minimum Gasteiger partial charge on any atom is -0.455 e. The summed E-state index contributed by atoms with van der Waals surface area (Å²) >= 11 is 11.9. The molecule has 27 heavy (non-hydrogen) atoms. The van der Waals surface area contributed by atoms with E-state index >= 15 is 0 Å². The van der Waals surface area contributed by atoms with Crippen LogP contribution >= 0.6 is 23.2 Å². The number of aromatic nitrogens is 1. The van der Waals surface area contributed by atoms with Gasteiger partial charge in [-0.05, 0) is 25.8 Å². The van der Waals surface area contributed by atoms with Crippen LogP contribution in [-0.4, -0.2) is 46.9 Å². The van der Waals surface area contributed by atoms with Crippen LogP contribution in [0.25, 0.3) is 0 Å². The first kappa shape index (κ1) is 19.9. The van der Waals surface area contributed by atoms with Crippen molar-refractivity contribution in [1.82, 2.24) is 9.88 Å². The van der Waals surface area contributed by atoms with Crippen molar-refractivity contribution in [1.29, 1.82) is 0 Å². The average molecular weight is 414 g/mol. The Hall–Kier alpha value is -1.86. The SMILES string of the molecule is Cc1nc(NC(=O)COC(=O)[C@H]2CC(=O)N(C3CCCC3)C2)c(Cl)cc1Cl. The molecular weight excluding hydrogens is 393 g/mol. The number of esters is 1. The van der Waals surface area contributed by atoms with Crippen molar-refractivity contribution in [3.05, 3.63) is 21.8 Å². The predicted molar refractivity (Wildman–Crippen MR) is 101 cm³/mol. The Morgan fingerprint density at radius 2 is 2.00 bits per heavy atom. The zero-order valence-corrected chi connectivity index (χ0v) is 16.5. The van der Waals surface area contributed by atoms with Crippen molar-refractivity contribution in [2.75, 3.05) is 18.5 Å². The summed E-state index contributed by atoms with van der Waals surface area (Å²) in [6.07, 6.45) is 4.35. The lowest BCUT2D eigenvalue weighted by molar-refractivity contribution is -0.151. The van der Waals surface area contributed by atoms with Gasteiger partial charge in [0.2, 0.25) is 5.91 Å². The third-order valence-electron chi connectivity index (χ3n) is 4.97. The molecule has 2 amide bonds. The molecule has 2 aliphatic rings. The zero-order chi connectivity index (χ0) is 19.6. The van der Waals surface area contributed by atoms with Gasteiger partial charge in [0.1, 0.15) is 0 Å². The van der Waals surface area contributed by atoms with E-state index < -0.39 is 24.4 Å². The molecule has 1 saturated carbocycles. The molecule has 2 fully saturated rings. The summed E-state index contributed by atoms with van der Waals surface area (Å²) in [7, 11) is 0. The van der Waals surface area contributed by atoms with Crippen LogP contribution in [0, 0.1) is 12.8 Å². The third kappa shape index (κ3) is 4.71. The van der Waals surface area contributed by atoms with Crippen LogP contribution < -0.4 is 5.32 Å². The van der Waals surface area contributed by atoms with Crippen molar-refractivity contribution in [3.63, 3.8) is 0 Å². The number of hydrogen-bond acceptors (Lipinski definition) is 5. The van der Waals surface area contributed by atoms with E-state index in [1.807, 2.05) is 0 Å². The van der Waals surface area contributed by atoms with Crippen molar-refractivity contribution >= 4 is 46.8 Å². The van der Waals surface area contributed by atoms with E-state index in [1.165, 1.54) is 6.07 Å². The fourth-order valence-corrected chi connectivity index (χ4v) is 3.93. The van der Waals surface area contributed by atoms with Crippen molar-refractivity contribution in [2.24, 2.45) is 5.92 Å². The van der Waals surface area contributed by atoms with Crippen LogP contribution in [-0.2, 0) is 19.1 Å². The molecule has 1 aromatic heterocycles. The lowest BCUT2D eigenvalue weighted by Gasteiger charge is -2.23. The molecule has 0 bridgehead atoms. The van der Waals surface area contributed by atoms with E-state index in [0.717, 1.165) is 25.7 Å². The van der Waals surface area contributed by atoms with Gasteiger partial charge < -0.3 is 15.0 Å². The number of nitrogens with one attached hydrogen (secondary N) is 1. The van der Waals surface area contributed by atoms with E-state index in [2.05, 4.69) is 10.3 Å². The van der Waals surface area contributed by atoms with Gasteiger partial charge >= 0.3 is 5.97 Å². The molecule has 1 aliphatic carbocycles. The van der Waals surface area contributed by atoms with Crippen LogP contribution in [0.2, 0.25) is 10.0 Å². The molecule has 0 spiro atoms. The Morgan fingerprint density at radius 3 is 2.70 bits per heavy atom. The van der Waals surface area contributed by atoms with Crippen molar-refractivity contribution in [2.45, 2.75) is 45.1 Å². The highest BCUT2D eigenvalue weighted by molar-refractivity contribution is 6.36. The van der Waals surface area contributed by atoms with Gasteiger partial charge in [-0.25, -0.2) is 4.98 Å². The number of nitrogens with zero attached hydrogens (tertiary/aromatic N) is 2. The number of anilines is 1. The van der Waals surface area contributed by atoms with Crippen molar-refractivity contribution < 1.29 is 19.1 Å². The monoisotopic (exact) mass is 413 g/mol. The number of rotatable bonds is 5. The van der Waals surface area contributed by atoms with Crippen LogP contribution in [0.15, 0.2) is 6.07 Å². The molecule has 3 rings (SSSR count). The molecule has 1 aliphatic heterocycles. The van der Waals surface area contributed by atoms with Crippen LogP contribution in [0.1, 0.15) is 37.8 Å². The van der Waals surface area contributed by atoms with E-state index in [1.54, 1.807) is 11.8 Å². The fraction of sp³-hybridized carbons (Fsp3) is 0.556. The Balaban J connectivity index is 1.50. The Kier molecular flexibility index (Phi) is 6.22. The number of carbonyl (C=O) groups excluding carboxylic acids is 3. The van der Waals surface area contributed by atoms with Crippen molar-refractivity contribution in [3.8, 4) is 0 Å². The summed E-state index contributed by atoms with van der Waals surface area (Å²) in [5, 5.41) is 3.08. The summed E-state index contributed by atoms with van der Waals surface area (Å²) in [4.78, 5) is 42.3. The lowest BCUT2D eigenvalue weighted by Crippen LogP contribution is -2.35. The van der Waals surface area contributed by atoms with Gasteiger partial charge in [-0.15, -0.1) is 0 Å². The highest BCUT2D eigenvalue weighted by atomic mass is 35.5. The number of pyridine rings is 1. The summed E-state index contributed by atoms with van der Waals surface area (Å²) in [5.41, 5.74) is 0.518. The van der Waals surface area contributed by atoms with Gasteiger partial charge in [-0.1, -0.05) is 36.0 Å². The van der Waals surface area contributed by atoms with Gasteiger partial charge in [0, 0.05) is 19.0 Å². The van der Waals surface area contributed by atoms with Crippen LogP contribution in [0.4, 0.5) is 5.82 Å². The number of aryl methyl sites for hydroxylation is 1. The van der Waals surface area contributed by atoms with Crippen LogP contribution in [0.5, 0.6) is 0 Å². The van der Waals surface area contributed by atoms with E-state index in [4.69, 9.17) is 27.9 Å². The first-order chi connectivity index (χ1) is 12.8. The van der Waals surface area contributed by atoms with E-state index in [0.29, 0.717) is 17.3 Å². The maximum Gasteiger partial charge on any atom is 0.311 e. The zero-order valence-electron chi connectivity index (χ0n) is 15.0. The maximum absolute atomic E-state index is 12.2. The van der Waals surface area contributed by atoms with E-state index in [9.17, 15) is 14.4 Å². The maximum atomic E-state index is 12.2. The van der Waals surface area contributed by atoms with Gasteiger partial charge in [-0.2, -0.15) is 0 Å². The summed E-state index contributed by atoms with van der Waals surface area (Å²) < 4.78 is 5.09. The molecule has 0 aromatic carbocycles. The number of halogens is 2. The second-order valence-electron chi connectivity index (χ2n) is 6.93. The minimum absolute atomic E-state index is 0.0130. The van der Waals surface area contributed by atoms with Gasteiger partial charge in [-0.3, -0.25) is 14.4 Å². The van der Waals surface area contributed by atoms with E-state index in [-0.39, 0.29) is 29.2 Å². The number of likely N-dealkylation sites (tertiary alicyclic amines) is 1. The topological polar surface area (TPSA) is 88.6 Å². The minimum atomic E-state index is -0.559. The molecule has 1 aromatic rings. The summed E-state index contributed by atoms with van der Waals surface area (Å²) in [6, 6.07) is 1.72. The smallest absolute Gasteiger partial charge is 0.311 e. The molecule has 7 nitrogen and oxygen atoms in total. The lowest BCUT2D eigenvalue weighted by atomic mass is 10.1. The largest absolute Gasteiger partial charge is 0.455 e. The molecule has 1 saturated heterocycles. The Labute approximate surface area is 167 Å². The highest BCUT2D eigenvalue weighted by Gasteiger charge is 2.39. The summed E-state index contributed by atoms with van der Waals surface area (Å²) in [6.45, 7) is 1.59. The normalized spacial score (nSPS) is 20.2. The standard InChI is InChI=1S/C18H21Cl2N3O4/c1-10-13(19)7-14(20)17(21-10)22-15(24)9-27-18(26)11-6-16(25)23(8-11)12-4-2-3-5-12/h7,11-12H,2-6,8-9H2,1H3,(H,21,22,24)/t11-/m0/s1. The number of carbonyl (C=O) groups is 3. The molecular formula is C18H21Cl2N3O4. The molecule has 0 unspecified atom stereocenters. The molecule has 146 valence electrons. The van der Waals surface area contributed by atoms with Crippen LogP contribution in [0.3, 0.4) is 0 Å². The number of hydrogen-bond donors (Lipinski definition) is 1. The first-order valence-electron chi connectivity index (χ1n) is 8.93. The molecule has 2 heterocycles. The van der Waals surface area contributed by atoms with Gasteiger partial charge in [0.25, 0.3) is 5.91 Å². The number of amides is 2. The second-order valence-corrected chi connectivity index (χ2v) is 7.74. The number of ether oxygens (including phenoxy) is 1. The Bertz CT molecular complexity index is 765. The second kappa shape index (κ2) is 8.44. The molecule has 9 heteroatoms. The third-order valence-corrected chi connectivity index (χ3v) is 5.64. The highest BCUT2D eigenvalue weighted by Crippen LogP contribution is 2.30. The molecule has 1 atom stereocenters. The molecule has 1 N–H and O–H groups in total. The Morgan fingerprint density at radius 1 is 1.30 bits per heavy atom.